The number of rotatable bonds is 6. The van der Waals surface area contributed by atoms with Gasteiger partial charge in [-0.2, -0.15) is 4.68 Å². The second-order valence-corrected chi connectivity index (χ2v) is 7.78. The summed E-state index contributed by atoms with van der Waals surface area (Å²) < 4.78 is 17.8. The van der Waals surface area contributed by atoms with Gasteiger partial charge in [-0.15, -0.1) is 5.10 Å². The highest BCUT2D eigenvalue weighted by Crippen LogP contribution is 2.34. The molecule has 3 heterocycles. The third-order valence-corrected chi connectivity index (χ3v) is 5.78. The molecule has 9 nitrogen and oxygen atoms in total. The Morgan fingerprint density at radius 3 is 2.50 bits per heavy atom. The van der Waals surface area contributed by atoms with Gasteiger partial charge in [0.05, 0.1) is 20.5 Å². The standard InChI is InChI=1S/C25H23N5O4/c1-32-22-13-18-10-11-29(16-19(18)14-23(22)33-2)25(31)21(15-20-9-6-12-34-20)30-24(26-27-28-30)17-7-4-3-5-8-17/h3-9,12-15H,10-11,16H2,1-2H3/b21-15+. The quantitative estimate of drug-likeness (QED) is 0.409. The van der Waals surface area contributed by atoms with Gasteiger partial charge in [0.15, 0.2) is 17.3 Å². The Morgan fingerprint density at radius 1 is 1.03 bits per heavy atom. The summed E-state index contributed by atoms with van der Waals surface area (Å²) in [5, 5.41) is 12.2. The summed E-state index contributed by atoms with van der Waals surface area (Å²) in [6.07, 6.45) is 3.91. The maximum atomic E-state index is 13.8. The Labute approximate surface area is 196 Å². The molecule has 0 saturated carbocycles. The molecule has 1 aliphatic rings. The first kappa shape index (κ1) is 21.4. The van der Waals surface area contributed by atoms with Crippen molar-refractivity contribution in [1.82, 2.24) is 25.1 Å². The molecule has 0 radical (unpaired) electrons. The zero-order valence-electron chi connectivity index (χ0n) is 18.8. The van der Waals surface area contributed by atoms with E-state index in [0.29, 0.717) is 48.3 Å². The van der Waals surface area contributed by atoms with E-state index < -0.39 is 0 Å². The fourth-order valence-corrected chi connectivity index (χ4v) is 4.06. The molecule has 4 aromatic rings. The van der Waals surface area contributed by atoms with E-state index in [1.54, 1.807) is 43.6 Å². The van der Waals surface area contributed by atoms with Gasteiger partial charge in [-0.05, 0) is 52.2 Å². The van der Waals surface area contributed by atoms with E-state index in [-0.39, 0.29) is 5.91 Å². The number of ether oxygens (including phenoxy) is 2. The molecule has 0 saturated heterocycles. The minimum Gasteiger partial charge on any atom is -0.493 e. The van der Waals surface area contributed by atoms with Crippen molar-refractivity contribution < 1.29 is 18.7 Å². The summed E-state index contributed by atoms with van der Waals surface area (Å²) in [6, 6.07) is 17.0. The smallest absolute Gasteiger partial charge is 0.273 e. The molecule has 9 heteroatoms. The van der Waals surface area contributed by atoms with Crippen molar-refractivity contribution in [1.29, 1.82) is 0 Å². The van der Waals surface area contributed by atoms with Crippen LogP contribution in [0.15, 0.2) is 65.3 Å². The van der Waals surface area contributed by atoms with Crippen molar-refractivity contribution in [3.8, 4) is 22.9 Å². The fraction of sp³-hybridized carbons (Fsp3) is 0.200. The van der Waals surface area contributed by atoms with E-state index in [2.05, 4.69) is 15.5 Å². The second-order valence-electron chi connectivity index (χ2n) is 7.78. The minimum absolute atomic E-state index is 0.207. The molecule has 1 aliphatic heterocycles. The molecule has 34 heavy (non-hydrogen) atoms. The monoisotopic (exact) mass is 457 g/mol. The summed E-state index contributed by atoms with van der Waals surface area (Å²) in [5.74, 6) is 2.10. The fourth-order valence-electron chi connectivity index (χ4n) is 4.06. The first-order valence-electron chi connectivity index (χ1n) is 10.8. The van der Waals surface area contributed by atoms with Crippen LogP contribution in [0.5, 0.6) is 11.5 Å². The molecule has 0 spiro atoms. The van der Waals surface area contributed by atoms with E-state index in [9.17, 15) is 4.79 Å². The summed E-state index contributed by atoms with van der Waals surface area (Å²) in [4.78, 5) is 15.6. The van der Waals surface area contributed by atoms with Gasteiger partial charge in [-0.3, -0.25) is 4.79 Å². The van der Waals surface area contributed by atoms with Gasteiger partial charge < -0.3 is 18.8 Å². The molecule has 2 aromatic carbocycles. The first-order valence-corrected chi connectivity index (χ1v) is 10.8. The molecule has 0 bridgehead atoms. The molecule has 0 fully saturated rings. The van der Waals surface area contributed by atoms with Crippen LogP contribution in [-0.4, -0.2) is 51.8 Å². The highest BCUT2D eigenvalue weighted by Gasteiger charge is 2.28. The van der Waals surface area contributed by atoms with Gasteiger partial charge in [-0.25, -0.2) is 0 Å². The number of nitrogens with zero attached hydrogens (tertiary/aromatic N) is 5. The van der Waals surface area contributed by atoms with Crippen LogP contribution in [0.4, 0.5) is 0 Å². The maximum absolute atomic E-state index is 13.8. The van der Waals surface area contributed by atoms with E-state index in [1.807, 2.05) is 42.5 Å². The highest BCUT2D eigenvalue weighted by molar-refractivity contribution is 6.18. The average Bonchev–Trinajstić information content (AvgIpc) is 3.58. The van der Waals surface area contributed by atoms with Gasteiger partial charge in [0, 0.05) is 24.7 Å². The van der Waals surface area contributed by atoms with Crippen LogP contribution in [0.3, 0.4) is 0 Å². The van der Waals surface area contributed by atoms with Crippen molar-refractivity contribution in [3.05, 3.63) is 77.7 Å². The number of fused-ring (bicyclic) bond motifs is 1. The third-order valence-electron chi connectivity index (χ3n) is 5.78. The maximum Gasteiger partial charge on any atom is 0.273 e. The number of aromatic nitrogens is 4. The largest absolute Gasteiger partial charge is 0.493 e. The van der Waals surface area contributed by atoms with E-state index in [4.69, 9.17) is 13.9 Å². The number of methoxy groups -OCH3 is 2. The van der Waals surface area contributed by atoms with E-state index in [0.717, 1.165) is 16.7 Å². The molecule has 0 unspecified atom stereocenters. The predicted octanol–water partition coefficient (Wildman–Crippen LogP) is 3.53. The van der Waals surface area contributed by atoms with E-state index in [1.165, 1.54) is 4.68 Å². The molecule has 172 valence electrons. The van der Waals surface area contributed by atoms with Crippen LogP contribution in [-0.2, 0) is 17.8 Å². The lowest BCUT2D eigenvalue weighted by Crippen LogP contribution is -2.37. The number of furan rings is 1. The number of benzene rings is 2. The second kappa shape index (κ2) is 9.22. The molecule has 5 rings (SSSR count). The van der Waals surface area contributed by atoms with Crippen LogP contribution in [0, 0.1) is 0 Å². The third kappa shape index (κ3) is 4.03. The normalized spacial score (nSPS) is 13.5. The first-order chi connectivity index (χ1) is 16.7. The van der Waals surface area contributed by atoms with Crippen molar-refractivity contribution in [2.24, 2.45) is 0 Å². The number of hydrogen-bond acceptors (Lipinski definition) is 7. The van der Waals surface area contributed by atoms with Crippen LogP contribution in [0.25, 0.3) is 23.2 Å². The summed E-state index contributed by atoms with van der Waals surface area (Å²) in [5.41, 5.74) is 3.23. The summed E-state index contributed by atoms with van der Waals surface area (Å²) >= 11 is 0. The van der Waals surface area contributed by atoms with Crippen LogP contribution in [0.2, 0.25) is 0 Å². The Kier molecular flexibility index (Phi) is 5.82. The Morgan fingerprint density at radius 2 is 1.79 bits per heavy atom. The number of hydrogen-bond donors (Lipinski definition) is 0. The molecular formula is C25H23N5O4. The number of carbonyl (C=O) groups excluding carboxylic acids is 1. The van der Waals surface area contributed by atoms with Gasteiger partial charge in [0.1, 0.15) is 11.5 Å². The molecule has 0 aliphatic carbocycles. The van der Waals surface area contributed by atoms with Crippen LogP contribution >= 0.6 is 0 Å². The SMILES string of the molecule is COc1cc2c(cc1OC)CN(C(=O)/C(=C\c1ccco1)n1nnnc1-c1ccccc1)CC2. The van der Waals surface area contributed by atoms with Crippen molar-refractivity contribution in [2.45, 2.75) is 13.0 Å². The topological polar surface area (TPSA) is 95.5 Å². The lowest BCUT2D eigenvalue weighted by Gasteiger charge is -2.30. The minimum atomic E-state index is -0.207. The van der Waals surface area contributed by atoms with Crippen molar-refractivity contribution >= 4 is 17.7 Å². The molecular weight excluding hydrogens is 434 g/mol. The van der Waals surface area contributed by atoms with Crippen LogP contribution in [0.1, 0.15) is 16.9 Å². The molecule has 0 atom stereocenters. The van der Waals surface area contributed by atoms with E-state index >= 15 is 0 Å². The summed E-state index contributed by atoms with van der Waals surface area (Å²) in [7, 11) is 3.22. The molecule has 1 amide bonds. The summed E-state index contributed by atoms with van der Waals surface area (Å²) in [6.45, 7) is 0.965. The predicted molar refractivity (Wildman–Crippen MR) is 125 cm³/mol. The zero-order chi connectivity index (χ0) is 23.5. The Balaban J connectivity index is 1.52. The zero-order valence-corrected chi connectivity index (χ0v) is 18.8. The Hall–Kier alpha value is -4.40. The highest BCUT2D eigenvalue weighted by atomic mass is 16.5. The lowest BCUT2D eigenvalue weighted by atomic mass is 9.98. The number of carbonyl (C=O) groups is 1. The van der Waals surface area contributed by atoms with Crippen molar-refractivity contribution in [2.75, 3.05) is 20.8 Å². The van der Waals surface area contributed by atoms with Crippen molar-refractivity contribution in [3.63, 3.8) is 0 Å². The molecule has 0 N–H and O–H groups in total. The number of tetrazole rings is 1. The Bertz CT molecular complexity index is 1330. The number of amides is 1. The van der Waals surface area contributed by atoms with Crippen LogP contribution < -0.4 is 9.47 Å². The molecule has 2 aromatic heterocycles. The van der Waals surface area contributed by atoms with Gasteiger partial charge >= 0.3 is 0 Å². The lowest BCUT2D eigenvalue weighted by molar-refractivity contribution is -0.126. The van der Waals surface area contributed by atoms with Gasteiger partial charge in [-0.1, -0.05) is 30.3 Å². The average molecular weight is 457 g/mol. The van der Waals surface area contributed by atoms with Gasteiger partial charge in [0.25, 0.3) is 5.91 Å². The van der Waals surface area contributed by atoms with Gasteiger partial charge in [0.2, 0.25) is 0 Å².